The average Bonchev–Trinajstić information content (AvgIpc) is 3.06. The van der Waals surface area contributed by atoms with E-state index in [4.69, 9.17) is 9.72 Å². The topological polar surface area (TPSA) is 41.8 Å². The minimum Gasteiger partial charge on any atom is -0.383 e. The number of nitrogens with zero attached hydrogens (tertiary/aromatic N) is 3. The fourth-order valence-corrected chi connectivity index (χ4v) is 3.45. The standard InChI is InChI=1S/C14H22N4OS/c1-19-9-5-15-11-12-13(17-6-3-2-4-7-17)16-14-18(12)8-10-20-14/h8,10,15H,2-7,9,11H2,1H3. The van der Waals surface area contributed by atoms with E-state index >= 15 is 0 Å². The molecule has 2 aromatic heterocycles. The molecule has 3 rings (SSSR count). The first-order valence-electron chi connectivity index (χ1n) is 7.29. The van der Waals surface area contributed by atoms with Crippen LogP contribution in [0.4, 0.5) is 5.82 Å². The first-order chi connectivity index (χ1) is 9.90. The fraction of sp³-hybridized carbons (Fsp3) is 0.643. The van der Waals surface area contributed by atoms with Gasteiger partial charge in [-0.05, 0) is 19.3 Å². The maximum Gasteiger partial charge on any atom is 0.195 e. The molecule has 1 saturated heterocycles. The summed E-state index contributed by atoms with van der Waals surface area (Å²) in [5.74, 6) is 1.17. The van der Waals surface area contributed by atoms with Crippen molar-refractivity contribution >= 4 is 22.1 Å². The molecule has 3 heterocycles. The third-order valence-corrected chi connectivity index (χ3v) is 4.53. The van der Waals surface area contributed by atoms with Crippen molar-refractivity contribution < 1.29 is 4.74 Å². The molecule has 2 aromatic rings. The third-order valence-electron chi connectivity index (χ3n) is 3.77. The Morgan fingerprint density at radius 3 is 3.00 bits per heavy atom. The number of piperidine rings is 1. The quantitative estimate of drug-likeness (QED) is 0.829. The van der Waals surface area contributed by atoms with Gasteiger partial charge in [-0.15, -0.1) is 11.3 Å². The van der Waals surface area contributed by atoms with Crippen molar-refractivity contribution in [2.75, 3.05) is 38.3 Å². The SMILES string of the molecule is COCCNCc1c(N2CCCCC2)nc2sccn12. The summed E-state index contributed by atoms with van der Waals surface area (Å²) in [7, 11) is 1.73. The molecule has 0 amide bonds. The number of methoxy groups -OCH3 is 1. The first-order valence-corrected chi connectivity index (χ1v) is 8.17. The number of ether oxygens (including phenoxy) is 1. The normalized spacial score (nSPS) is 16.1. The van der Waals surface area contributed by atoms with Crippen LogP contribution in [0.3, 0.4) is 0 Å². The van der Waals surface area contributed by atoms with Crippen LogP contribution in [-0.2, 0) is 11.3 Å². The van der Waals surface area contributed by atoms with Crippen molar-refractivity contribution in [1.82, 2.24) is 14.7 Å². The van der Waals surface area contributed by atoms with Gasteiger partial charge in [-0.25, -0.2) is 4.98 Å². The number of rotatable bonds is 6. The summed E-state index contributed by atoms with van der Waals surface area (Å²) in [6, 6.07) is 0. The van der Waals surface area contributed by atoms with Crippen LogP contribution in [0.5, 0.6) is 0 Å². The predicted octanol–water partition coefficient (Wildman–Crippen LogP) is 2.12. The molecule has 110 valence electrons. The zero-order chi connectivity index (χ0) is 13.8. The van der Waals surface area contributed by atoms with Crippen LogP contribution in [0.2, 0.25) is 0 Å². The van der Waals surface area contributed by atoms with E-state index in [1.807, 2.05) is 0 Å². The molecule has 1 aliphatic heterocycles. The van der Waals surface area contributed by atoms with E-state index in [2.05, 4.69) is 26.2 Å². The molecule has 20 heavy (non-hydrogen) atoms. The van der Waals surface area contributed by atoms with E-state index in [0.717, 1.165) is 37.7 Å². The Morgan fingerprint density at radius 2 is 2.20 bits per heavy atom. The molecule has 0 atom stereocenters. The maximum atomic E-state index is 5.09. The molecule has 0 saturated carbocycles. The van der Waals surface area contributed by atoms with E-state index in [-0.39, 0.29) is 0 Å². The van der Waals surface area contributed by atoms with Gasteiger partial charge in [0.2, 0.25) is 0 Å². The third kappa shape index (κ3) is 2.82. The van der Waals surface area contributed by atoms with Crippen LogP contribution < -0.4 is 10.2 Å². The molecule has 1 N–H and O–H groups in total. The number of hydrogen-bond acceptors (Lipinski definition) is 5. The minimum atomic E-state index is 0.741. The van der Waals surface area contributed by atoms with Gasteiger partial charge in [-0.2, -0.15) is 0 Å². The van der Waals surface area contributed by atoms with Crippen LogP contribution in [-0.4, -0.2) is 42.7 Å². The summed E-state index contributed by atoms with van der Waals surface area (Å²) >= 11 is 1.70. The molecule has 0 unspecified atom stereocenters. The molecule has 6 heteroatoms. The Hall–Kier alpha value is -1.11. The van der Waals surface area contributed by atoms with E-state index in [1.54, 1.807) is 18.4 Å². The first kappa shape index (κ1) is 13.9. The highest BCUT2D eigenvalue weighted by molar-refractivity contribution is 7.15. The van der Waals surface area contributed by atoms with Crippen molar-refractivity contribution in [2.24, 2.45) is 0 Å². The lowest BCUT2D eigenvalue weighted by atomic mass is 10.1. The van der Waals surface area contributed by atoms with Crippen LogP contribution >= 0.6 is 11.3 Å². The average molecular weight is 294 g/mol. The molecule has 0 radical (unpaired) electrons. The van der Waals surface area contributed by atoms with E-state index in [1.165, 1.54) is 30.8 Å². The molecule has 0 bridgehead atoms. The molecule has 1 aliphatic rings. The monoisotopic (exact) mass is 294 g/mol. The Kier molecular flexibility index (Phi) is 4.54. The Bertz CT molecular complexity index is 544. The fourth-order valence-electron chi connectivity index (χ4n) is 2.73. The van der Waals surface area contributed by atoms with Gasteiger partial charge in [0.05, 0.1) is 12.3 Å². The second-order valence-electron chi connectivity index (χ2n) is 5.15. The van der Waals surface area contributed by atoms with Gasteiger partial charge >= 0.3 is 0 Å². The van der Waals surface area contributed by atoms with E-state index in [9.17, 15) is 0 Å². The number of aromatic nitrogens is 2. The molecule has 1 fully saturated rings. The summed E-state index contributed by atoms with van der Waals surface area (Å²) in [5, 5.41) is 5.54. The van der Waals surface area contributed by atoms with Gasteiger partial charge in [0, 0.05) is 44.9 Å². The van der Waals surface area contributed by atoms with Crippen LogP contribution in [0.15, 0.2) is 11.6 Å². The van der Waals surface area contributed by atoms with Crippen molar-refractivity contribution in [2.45, 2.75) is 25.8 Å². The molecule has 0 aromatic carbocycles. The lowest BCUT2D eigenvalue weighted by Crippen LogP contribution is -2.31. The highest BCUT2D eigenvalue weighted by atomic mass is 32.1. The molecule has 5 nitrogen and oxygen atoms in total. The zero-order valence-electron chi connectivity index (χ0n) is 12.0. The van der Waals surface area contributed by atoms with Gasteiger partial charge < -0.3 is 15.0 Å². The van der Waals surface area contributed by atoms with E-state index in [0.29, 0.717) is 0 Å². The summed E-state index contributed by atoms with van der Waals surface area (Å²) in [6.07, 6.45) is 6.03. The Labute approximate surface area is 123 Å². The highest BCUT2D eigenvalue weighted by Gasteiger charge is 2.20. The van der Waals surface area contributed by atoms with Crippen molar-refractivity contribution in [1.29, 1.82) is 0 Å². The smallest absolute Gasteiger partial charge is 0.195 e. The van der Waals surface area contributed by atoms with Gasteiger partial charge in [-0.3, -0.25) is 4.40 Å². The number of fused-ring (bicyclic) bond motifs is 1. The number of imidazole rings is 1. The summed E-state index contributed by atoms with van der Waals surface area (Å²) in [4.78, 5) is 8.36. The van der Waals surface area contributed by atoms with Crippen molar-refractivity contribution in [3.8, 4) is 0 Å². The Morgan fingerprint density at radius 1 is 1.35 bits per heavy atom. The van der Waals surface area contributed by atoms with Crippen molar-refractivity contribution in [3.05, 3.63) is 17.3 Å². The van der Waals surface area contributed by atoms with Gasteiger partial charge in [-0.1, -0.05) is 0 Å². The molecule has 0 aliphatic carbocycles. The van der Waals surface area contributed by atoms with Crippen LogP contribution in [0, 0.1) is 0 Å². The second kappa shape index (κ2) is 6.56. The minimum absolute atomic E-state index is 0.741. The van der Waals surface area contributed by atoms with Gasteiger partial charge in [0.25, 0.3) is 0 Å². The lowest BCUT2D eigenvalue weighted by Gasteiger charge is -2.27. The van der Waals surface area contributed by atoms with Crippen LogP contribution in [0.25, 0.3) is 4.96 Å². The summed E-state index contributed by atoms with van der Waals surface area (Å²) < 4.78 is 7.30. The Balaban J connectivity index is 1.80. The highest BCUT2D eigenvalue weighted by Crippen LogP contribution is 2.26. The lowest BCUT2D eigenvalue weighted by molar-refractivity contribution is 0.199. The number of hydrogen-bond donors (Lipinski definition) is 1. The summed E-state index contributed by atoms with van der Waals surface area (Å²) in [6.45, 7) is 4.72. The number of anilines is 1. The van der Waals surface area contributed by atoms with Crippen molar-refractivity contribution in [3.63, 3.8) is 0 Å². The molecular formula is C14H22N4OS. The molecule has 0 spiro atoms. The molecular weight excluding hydrogens is 272 g/mol. The maximum absolute atomic E-state index is 5.09. The summed E-state index contributed by atoms with van der Waals surface area (Å²) in [5.41, 5.74) is 1.28. The predicted molar refractivity (Wildman–Crippen MR) is 82.7 cm³/mol. The van der Waals surface area contributed by atoms with Gasteiger partial charge in [0.1, 0.15) is 0 Å². The second-order valence-corrected chi connectivity index (χ2v) is 6.03. The van der Waals surface area contributed by atoms with Crippen LogP contribution in [0.1, 0.15) is 25.0 Å². The number of thiazole rings is 1. The van der Waals surface area contributed by atoms with E-state index < -0.39 is 0 Å². The largest absolute Gasteiger partial charge is 0.383 e. The zero-order valence-corrected chi connectivity index (χ0v) is 12.8. The van der Waals surface area contributed by atoms with Gasteiger partial charge in [0.15, 0.2) is 10.8 Å². The number of nitrogens with one attached hydrogen (secondary N) is 1.